The zero-order chi connectivity index (χ0) is 13.7. The Kier molecular flexibility index (Phi) is 5.56. The Hall–Kier alpha value is -0.700. The molecule has 0 saturated heterocycles. The van der Waals surface area contributed by atoms with Crippen LogP contribution in [0.4, 0.5) is 11.4 Å². The molecule has 1 N–H and O–H groups in total. The lowest BCUT2D eigenvalue weighted by atomic mass is 9.96. The van der Waals surface area contributed by atoms with Gasteiger partial charge in [-0.05, 0) is 31.0 Å². The number of anilines is 2. The minimum absolute atomic E-state index is 0.633. The summed E-state index contributed by atoms with van der Waals surface area (Å²) in [7, 11) is 4.21. The van der Waals surface area contributed by atoms with Crippen LogP contribution in [0, 0.1) is 0 Å². The number of halogens is 1. The fourth-order valence-corrected chi connectivity index (χ4v) is 3.20. The van der Waals surface area contributed by atoms with Crippen molar-refractivity contribution in [3.63, 3.8) is 0 Å². The molecule has 106 valence electrons. The van der Waals surface area contributed by atoms with E-state index in [4.69, 9.17) is 0 Å². The highest BCUT2D eigenvalue weighted by molar-refractivity contribution is 9.10. The van der Waals surface area contributed by atoms with Gasteiger partial charge >= 0.3 is 0 Å². The summed E-state index contributed by atoms with van der Waals surface area (Å²) in [5, 5.41) is 3.77. The maximum absolute atomic E-state index is 3.77. The molecule has 0 atom stereocenters. The molecule has 0 radical (unpaired) electrons. The minimum Gasteiger partial charge on any atom is -0.381 e. The summed E-state index contributed by atoms with van der Waals surface area (Å²) in [6.07, 6.45) is 9.56. The van der Waals surface area contributed by atoms with Gasteiger partial charge in [-0.15, -0.1) is 0 Å². The van der Waals surface area contributed by atoms with Crippen molar-refractivity contribution >= 4 is 27.3 Å². The third-order valence-corrected chi connectivity index (χ3v) is 4.40. The molecule has 0 bridgehead atoms. The molecule has 0 spiro atoms. The number of nitrogens with zero attached hydrogens (tertiary/aromatic N) is 1. The molecular weight excluding hydrogens is 300 g/mol. The predicted molar refractivity (Wildman–Crippen MR) is 88.2 cm³/mol. The molecule has 1 aliphatic rings. The van der Waals surface area contributed by atoms with Crippen LogP contribution in [0.15, 0.2) is 22.7 Å². The summed E-state index contributed by atoms with van der Waals surface area (Å²) in [6, 6.07) is 7.12. The second-order valence-electron chi connectivity index (χ2n) is 5.74. The van der Waals surface area contributed by atoms with Crippen LogP contribution >= 0.6 is 15.9 Å². The van der Waals surface area contributed by atoms with Crippen LogP contribution in [0.25, 0.3) is 0 Å². The van der Waals surface area contributed by atoms with E-state index in [9.17, 15) is 0 Å². The van der Waals surface area contributed by atoms with Crippen LogP contribution in [-0.2, 0) is 0 Å². The van der Waals surface area contributed by atoms with Gasteiger partial charge in [0.25, 0.3) is 0 Å². The molecule has 3 heteroatoms. The predicted octanol–water partition coefficient (Wildman–Crippen LogP) is 5.04. The van der Waals surface area contributed by atoms with E-state index in [1.165, 1.54) is 56.3 Å². The number of hydrogen-bond donors (Lipinski definition) is 1. The largest absolute Gasteiger partial charge is 0.381 e. The number of nitrogens with one attached hydrogen (secondary N) is 1. The van der Waals surface area contributed by atoms with Gasteiger partial charge in [0.15, 0.2) is 0 Å². The normalized spacial score (nSPS) is 17.6. The average molecular weight is 325 g/mol. The van der Waals surface area contributed by atoms with E-state index < -0.39 is 0 Å². The Morgan fingerprint density at radius 2 is 1.68 bits per heavy atom. The van der Waals surface area contributed by atoms with Crippen molar-refractivity contribution in [1.29, 1.82) is 0 Å². The first-order chi connectivity index (χ1) is 9.16. The fraction of sp³-hybridized carbons (Fsp3) is 0.625. The van der Waals surface area contributed by atoms with Gasteiger partial charge in [0.1, 0.15) is 0 Å². The minimum atomic E-state index is 0.633. The van der Waals surface area contributed by atoms with Gasteiger partial charge in [-0.25, -0.2) is 0 Å². The summed E-state index contributed by atoms with van der Waals surface area (Å²) >= 11 is 3.58. The highest BCUT2D eigenvalue weighted by Crippen LogP contribution is 2.30. The lowest BCUT2D eigenvalue weighted by Crippen LogP contribution is -2.22. The number of benzene rings is 1. The van der Waals surface area contributed by atoms with Crippen molar-refractivity contribution in [1.82, 2.24) is 0 Å². The highest BCUT2D eigenvalue weighted by Gasteiger charge is 2.13. The van der Waals surface area contributed by atoms with Gasteiger partial charge in [0.2, 0.25) is 0 Å². The summed E-state index contributed by atoms with van der Waals surface area (Å²) in [5.74, 6) is 0. The van der Waals surface area contributed by atoms with Gasteiger partial charge in [0, 0.05) is 24.6 Å². The highest BCUT2D eigenvalue weighted by atomic mass is 79.9. The zero-order valence-electron chi connectivity index (χ0n) is 12.1. The lowest BCUT2D eigenvalue weighted by molar-refractivity contribution is 0.471. The first kappa shape index (κ1) is 14.7. The van der Waals surface area contributed by atoms with Gasteiger partial charge in [-0.3, -0.25) is 0 Å². The zero-order valence-corrected chi connectivity index (χ0v) is 13.7. The van der Waals surface area contributed by atoms with Crippen LogP contribution in [0.5, 0.6) is 0 Å². The van der Waals surface area contributed by atoms with E-state index in [0.29, 0.717) is 6.04 Å². The van der Waals surface area contributed by atoms with Crippen LogP contribution in [0.2, 0.25) is 0 Å². The lowest BCUT2D eigenvalue weighted by Gasteiger charge is -2.25. The third kappa shape index (κ3) is 4.41. The maximum atomic E-state index is 3.77. The molecule has 0 amide bonds. The molecule has 0 aliphatic heterocycles. The SMILES string of the molecule is CN(C)c1ccc(Br)cc1NC1CCCCCCC1. The maximum Gasteiger partial charge on any atom is 0.0597 e. The molecule has 1 saturated carbocycles. The van der Waals surface area contributed by atoms with Gasteiger partial charge in [-0.1, -0.05) is 48.0 Å². The molecule has 0 unspecified atom stereocenters. The van der Waals surface area contributed by atoms with Crippen LogP contribution in [0.1, 0.15) is 44.9 Å². The van der Waals surface area contributed by atoms with Crippen molar-refractivity contribution in [3.8, 4) is 0 Å². The number of hydrogen-bond acceptors (Lipinski definition) is 2. The molecular formula is C16H25BrN2. The molecule has 1 aliphatic carbocycles. The first-order valence-electron chi connectivity index (χ1n) is 7.40. The second kappa shape index (κ2) is 7.18. The van der Waals surface area contributed by atoms with Gasteiger partial charge in [0.05, 0.1) is 11.4 Å². The molecule has 2 rings (SSSR count). The Morgan fingerprint density at radius 1 is 1.05 bits per heavy atom. The molecule has 19 heavy (non-hydrogen) atoms. The smallest absolute Gasteiger partial charge is 0.0597 e. The van der Waals surface area contributed by atoms with Gasteiger partial charge in [-0.2, -0.15) is 0 Å². The Bertz CT molecular complexity index is 396. The van der Waals surface area contributed by atoms with Gasteiger partial charge < -0.3 is 10.2 Å². The number of rotatable bonds is 3. The first-order valence-corrected chi connectivity index (χ1v) is 8.19. The van der Waals surface area contributed by atoms with Crippen molar-refractivity contribution < 1.29 is 0 Å². The van der Waals surface area contributed by atoms with Crippen LogP contribution in [0.3, 0.4) is 0 Å². The molecule has 0 aromatic heterocycles. The van der Waals surface area contributed by atoms with Crippen molar-refractivity contribution in [2.75, 3.05) is 24.3 Å². The van der Waals surface area contributed by atoms with E-state index in [1.807, 2.05) is 0 Å². The summed E-state index contributed by atoms with van der Waals surface area (Å²) < 4.78 is 1.14. The van der Waals surface area contributed by atoms with E-state index in [0.717, 1.165) is 4.47 Å². The van der Waals surface area contributed by atoms with Crippen molar-refractivity contribution in [3.05, 3.63) is 22.7 Å². The molecule has 1 fully saturated rings. The van der Waals surface area contributed by atoms with Crippen LogP contribution < -0.4 is 10.2 Å². The quantitative estimate of drug-likeness (QED) is 0.837. The second-order valence-corrected chi connectivity index (χ2v) is 6.66. The Morgan fingerprint density at radius 3 is 2.32 bits per heavy atom. The van der Waals surface area contributed by atoms with E-state index in [1.54, 1.807) is 0 Å². The molecule has 1 aromatic carbocycles. The van der Waals surface area contributed by atoms with E-state index in [2.05, 4.69) is 58.4 Å². The topological polar surface area (TPSA) is 15.3 Å². The third-order valence-electron chi connectivity index (χ3n) is 3.91. The van der Waals surface area contributed by atoms with Crippen molar-refractivity contribution in [2.45, 2.75) is 51.0 Å². The van der Waals surface area contributed by atoms with Crippen molar-refractivity contribution in [2.24, 2.45) is 0 Å². The fourth-order valence-electron chi connectivity index (χ4n) is 2.83. The standard InChI is InChI=1S/C16H25BrN2/c1-19(2)16-11-10-13(17)12-15(16)18-14-8-6-4-3-5-7-9-14/h10-12,14,18H,3-9H2,1-2H3. The Labute approximate surface area is 125 Å². The molecule has 0 heterocycles. The summed E-state index contributed by atoms with van der Waals surface area (Å²) in [6.45, 7) is 0. The summed E-state index contributed by atoms with van der Waals surface area (Å²) in [4.78, 5) is 2.18. The average Bonchev–Trinajstić information content (AvgIpc) is 2.32. The monoisotopic (exact) mass is 324 g/mol. The summed E-state index contributed by atoms with van der Waals surface area (Å²) in [5.41, 5.74) is 2.52. The van der Waals surface area contributed by atoms with Crippen LogP contribution in [-0.4, -0.2) is 20.1 Å². The Balaban J connectivity index is 2.09. The van der Waals surface area contributed by atoms with E-state index >= 15 is 0 Å². The molecule has 2 nitrogen and oxygen atoms in total. The molecule has 1 aromatic rings. The van der Waals surface area contributed by atoms with E-state index in [-0.39, 0.29) is 0 Å².